The summed E-state index contributed by atoms with van der Waals surface area (Å²) in [7, 11) is 0. The molecule has 30 heavy (non-hydrogen) atoms. The summed E-state index contributed by atoms with van der Waals surface area (Å²) in [5, 5.41) is 4.92. The molecule has 0 radical (unpaired) electrons. The number of esters is 1. The Kier molecular flexibility index (Phi) is 5.14. The van der Waals surface area contributed by atoms with Crippen molar-refractivity contribution >= 4 is 28.6 Å². The van der Waals surface area contributed by atoms with Gasteiger partial charge in [0.1, 0.15) is 0 Å². The molecule has 2 amide bonds. The molecule has 0 atom stereocenters. The molecule has 0 aliphatic carbocycles. The van der Waals surface area contributed by atoms with Crippen molar-refractivity contribution in [3.05, 3.63) is 75.7 Å². The minimum Gasteiger partial charge on any atom is -0.439 e. The second kappa shape index (κ2) is 7.90. The van der Waals surface area contributed by atoms with Gasteiger partial charge in [-0.25, -0.2) is 14.4 Å². The number of hydrogen-bond acceptors (Lipinski definition) is 6. The number of imide groups is 1. The molecule has 0 fully saturated rings. The summed E-state index contributed by atoms with van der Waals surface area (Å²) in [4.78, 5) is 51.2. The second-order valence-corrected chi connectivity index (χ2v) is 6.92. The number of hydrogen-bond donors (Lipinski definition) is 0. The first-order valence-corrected chi connectivity index (χ1v) is 9.65. The standard InChI is InChI=1S/C22H19N3O5/c1-2-3-12-25-21(28)15-9-5-4-8-14(15)18(23-25)22(29)30-13-24-19(26)16-10-6-7-11-17(16)20(24)27/h4-11H,2-3,12-13H2,1H3. The van der Waals surface area contributed by atoms with Crippen LogP contribution in [-0.4, -0.2) is 39.2 Å². The molecule has 2 aromatic carbocycles. The highest BCUT2D eigenvalue weighted by Gasteiger charge is 2.36. The molecule has 1 aliphatic heterocycles. The van der Waals surface area contributed by atoms with Crippen LogP contribution < -0.4 is 5.56 Å². The Balaban J connectivity index is 1.61. The quantitative estimate of drug-likeness (QED) is 0.462. The molecule has 0 N–H and O–H groups in total. The molecule has 2 heterocycles. The van der Waals surface area contributed by atoms with Crippen LogP contribution in [0.3, 0.4) is 0 Å². The highest BCUT2D eigenvalue weighted by Crippen LogP contribution is 2.22. The van der Waals surface area contributed by atoms with Crippen LogP contribution in [0.15, 0.2) is 53.3 Å². The summed E-state index contributed by atoms with van der Waals surface area (Å²) in [6.07, 6.45) is 1.59. The van der Waals surface area contributed by atoms with E-state index in [2.05, 4.69) is 5.10 Å². The summed E-state index contributed by atoms with van der Waals surface area (Å²) in [6, 6.07) is 13.1. The summed E-state index contributed by atoms with van der Waals surface area (Å²) < 4.78 is 6.51. The molecule has 0 spiro atoms. The van der Waals surface area contributed by atoms with E-state index in [0.29, 0.717) is 17.3 Å². The van der Waals surface area contributed by atoms with Crippen LogP contribution in [-0.2, 0) is 11.3 Å². The number of aromatic nitrogens is 2. The van der Waals surface area contributed by atoms with Gasteiger partial charge in [0, 0.05) is 11.9 Å². The average Bonchev–Trinajstić information content (AvgIpc) is 3.02. The Bertz CT molecular complexity index is 1200. The first-order chi connectivity index (χ1) is 14.5. The Morgan fingerprint density at radius 2 is 1.53 bits per heavy atom. The molecule has 152 valence electrons. The molecular weight excluding hydrogens is 386 g/mol. The van der Waals surface area contributed by atoms with Crippen molar-refractivity contribution in [2.45, 2.75) is 26.3 Å². The van der Waals surface area contributed by atoms with E-state index in [1.54, 1.807) is 48.5 Å². The molecule has 1 aliphatic rings. The van der Waals surface area contributed by atoms with Crippen LogP contribution in [0.25, 0.3) is 10.8 Å². The minimum absolute atomic E-state index is 0.0297. The van der Waals surface area contributed by atoms with Crippen LogP contribution >= 0.6 is 0 Å². The van der Waals surface area contributed by atoms with Gasteiger partial charge in [0.2, 0.25) is 0 Å². The van der Waals surface area contributed by atoms with Crippen molar-refractivity contribution in [1.82, 2.24) is 14.7 Å². The van der Waals surface area contributed by atoms with E-state index in [1.165, 1.54) is 4.68 Å². The molecule has 0 saturated heterocycles. The maximum Gasteiger partial charge on any atom is 0.361 e. The highest BCUT2D eigenvalue weighted by molar-refractivity contribution is 6.21. The van der Waals surface area contributed by atoms with Crippen molar-refractivity contribution in [2.75, 3.05) is 6.73 Å². The molecule has 3 aromatic rings. The third-order valence-corrected chi connectivity index (χ3v) is 4.99. The number of rotatable bonds is 6. The Morgan fingerprint density at radius 1 is 0.933 bits per heavy atom. The number of aryl methyl sites for hydroxylation is 1. The van der Waals surface area contributed by atoms with E-state index in [9.17, 15) is 19.2 Å². The summed E-state index contributed by atoms with van der Waals surface area (Å²) >= 11 is 0. The number of unbranched alkanes of at least 4 members (excludes halogenated alkanes) is 1. The number of nitrogens with zero attached hydrogens (tertiary/aromatic N) is 3. The normalized spacial score (nSPS) is 13.0. The van der Waals surface area contributed by atoms with Crippen LogP contribution in [0.2, 0.25) is 0 Å². The Hall–Kier alpha value is -3.81. The van der Waals surface area contributed by atoms with Gasteiger partial charge in [-0.05, 0) is 24.6 Å². The highest BCUT2D eigenvalue weighted by atomic mass is 16.5. The Morgan fingerprint density at radius 3 is 2.17 bits per heavy atom. The first-order valence-electron chi connectivity index (χ1n) is 9.65. The van der Waals surface area contributed by atoms with E-state index in [0.717, 1.165) is 17.7 Å². The van der Waals surface area contributed by atoms with Crippen molar-refractivity contribution < 1.29 is 19.1 Å². The van der Waals surface area contributed by atoms with Crippen LogP contribution in [0, 0.1) is 0 Å². The summed E-state index contributed by atoms with van der Waals surface area (Å²) in [5.41, 5.74) is 0.235. The second-order valence-electron chi connectivity index (χ2n) is 6.92. The minimum atomic E-state index is -0.812. The average molecular weight is 405 g/mol. The largest absolute Gasteiger partial charge is 0.439 e. The van der Waals surface area contributed by atoms with Gasteiger partial charge in [-0.3, -0.25) is 14.4 Å². The molecule has 0 bridgehead atoms. The fourth-order valence-electron chi connectivity index (χ4n) is 3.39. The summed E-state index contributed by atoms with van der Waals surface area (Å²) in [5.74, 6) is -1.85. The van der Waals surface area contributed by atoms with Crippen LogP contribution in [0.1, 0.15) is 51.0 Å². The third-order valence-electron chi connectivity index (χ3n) is 4.99. The molecule has 0 unspecified atom stereocenters. The van der Waals surface area contributed by atoms with E-state index < -0.39 is 24.5 Å². The predicted octanol–water partition coefficient (Wildman–Crippen LogP) is 2.61. The zero-order chi connectivity index (χ0) is 21.3. The first kappa shape index (κ1) is 19.5. The van der Waals surface area contributed by atoms with Gasteiger partial charge in [0.05, 0.1) is 16.5 Å². The zero-order valence-electron chi connectivity index (χ0n) is 16.3. The lowest BCUT2D eigenvalue weighted by atomic mass is 10.1. The maximum atomic E-state index is 12.8. The molecular formula is C22H19N3O5. The number of carbonyl (C=O) groups is 3. The lowest BCUT2D eigenvalue weighted by Gasteiger charge is -2.15. The van der Waals surface area contributed by atoms with Gasteiger partial charge < -0.3 is 4.74 Å². The topological polar surface area (TPSA) is 98.6 Å². The smallest absolute Gasteiger partial charge is 0.361 e. The molecule has 8 heteroatoms. The van der Waals surface area contributed by atoms with Crippen LogP contribution in [0.5, 0.6) is 0 Å². The molecule has 4 rings (SSSR count). The van der Waals surface area contributed by atoms with E-state index in [1.807, 2.05) is 6.92 Å². The van der Waals surface area contributed by atoms with Gasteiger partial charge in [-0.1, -0.05) is 43.7 Å². The number of carbonyl (C=O) groups excluding carboxylic acids is 3. The van der Waals surface area contributed by atoms with Gasteiger partial charge in [-0.15, -0.1) is 0 Å². The molecule has 0 saturated carbocycles. The predicted molar refractivity (Wildman–Crippen MR) is 108 cm³/mol. The molecule has 1 aromatic heterocycles. The molecule has 8 nitrogen and oxygen atoms in total. The van der Waals surface area contributed by atoms with Crippen LogP contribution in [0.4, 0.5) is 0 Å². The fraction of sp³-hybridized carbons (Fsp3) is 0.227. The van der Waals surface area contributed by atoms with Gasteiger partial charge in [0.15, 0.2) is 12.4 Å². The third kappa shape index (κ3) is 3.26. The van der Waals surface area contributed by atoms with Crippen molar-refractivity contribution in [1.29, 1.82) is 0 Å². The van der Waals surface area contributed by atoms with Gasteiger partial charge in [0.25, 0.3) is 17.4 Å². The van der Waals surface area contributed by atoms with E-state index in [4.69, 9.17) is 4.74 Å². The number of benzene rings is 2. The van der Waals surface area contributed by atoms with Crippen molar-refractivity contribution in [3.63, 3.8) is 0 Å². The maximum absolute atomic E-state index is 12.8. The summed E-state index contributed by atoms with van der Waals surface area (Å²) in [6.45, 7) is 1.83. The van der Waals surface area contributed by atoms with Gasteiger partial charge >= 0.3 is 5.97 Å². The number of fused-ring (bicyclic) bond motifs is 2. The SMILES string of the molecule is CCCCn1nc(C(=O)OCN2C(=O)c3ccccc3C2=O)c2ccccc2c1=O. The number of amides is 2. The van der Waals surface area contributed by atoms with E-state index >= 15 is 0 Å². The van der Waals surface area contributed by atoms with Crippen molar-refractivity contribution in [3.8, 4) is 0 Å². The van der Waals surface area contributed by atoms with E-state index in [-0.39, 0.29) is 22.4 Å². The number of ether oxygens (including phenoxy) is 1. The lowest BCUT2D eigenvalue weighted by molar-refractivity contribution is 0.0223. The zero-order valence-corrected chi connectivity index (χ0v) is 16.3. The lowest BCUT2D eigenvalue weighted by Crippen LogP contribution is -2.34. The fourth-order valence-corrected chi connectivity index (χ4v) is 3.39. The van der Waals surface area contributed by atoms with Gasteiger partial charge in [-0.2, -0.15) is 5.10 Å². The Labute approximate surface area is 171 Å². The van der Waals surface area contributed by atoms with Crippen molar-refractivity contribution in [2.24, 2.45) is 0 Å². The monoisotopic (exact) mass is 405 g/mol.